The molecule has 1 atom stereocenters. The van der Waals surface area contributed by atoms with Crippen molar-refractivity contribution in [1.29, 1.82) is 0 Å². The summed E-state index contributed by atoms with van der Waals surface area (Å²) in [5, 5.41) is 2.44. The van der Waals surface area contributed by atoms with Gasteiger partial charge in [-0.3, -0.25) is 4.79 Å². The summed E-state index contributed by atoms with van der Waals surface area (Å²) in [5.74, 6) is 0.796. The van der Waals surface area contributed by atoms with Crippen LogP contribution >= 0.6 is 39.9 Å². The fraction of sp³-hybridized carbons (Fsp3) is 0.167. The Balaban J connectivity index is 2.06. The number of carbonyl (C=O) groups is 1. The Kier molecular flexibility index (Phi) is 4.79. The van der Waals surface area contributed by atoms with Crippen LogP contribution in [0.1, 0.15) is 5.56 Å². The molecule has 0 spiro atoms. The van der Waals surface area contributed by atoms with Crippen LogP contribution in [0.2, 0.25) is 0 Å². The maximum absolute atomic E-state index is 11.1. The largest absolute Gasteiger partial charge is 0.482 e. The van der Waals surface area contributed by atoms with Crippen LogP contribution < -0.4 is 10.1 Å². The molecule has 1 aromatic carbocycles. The monoisotopic (exact) mass is 343 g/mol. The van der Waals surface area contributed by atoms with Crippen molar-refractivity contribution in [3.05, 3.63) is 35.9 Å². The second-order valence-electron chi connectivity index (χ2n) is 3.50. The van der Waals surface area contributed by atoms with Gasteiger partial charge in [0.15, 0.2) is 0 Å². The van der Waals surface area contributed by atoms with Crippen LogP contribution in [0, 0.1) is 0 Å². The number of alkyl halides is 1. The van der Waals surface area contributed by atoms with Crippen LogP contribution in [-0.2, 0) is 0 Å². The lowest BCUT2D eigenvalue weighted by Gasteiger charge is -2.03. The van der Waals surface area contributed by atoms with E-state index in [1.165, 1.54) is 11.8 Å². The molecule has 0 saturated carbocycles. The first-order chi connectivity index (χ1) is 8.69. The van der Waals surface area contributed by atoms with Gasteiger partial charge in [-0.25, -0.2) is 0 Å². The maximum atomic E-state index is 11.1. The van der Waals surface area contributed by atoms with Crippen LogP contribution in [0.4, 0.5) is 4.79 Å². The van der Waals surface area contributed by atoms with Gasteiger partial charge >= 0.3 is 0 Å². The molecular weight excluding hydrogens is 334 g/mol. The first-order valence-corrected chi connectivity index (χ1v) is 7.58. The van der Waals surface area contributed by atoms with Crippen molar-refractivity contribution in [2.24, 2.45) is 0 Å². The lowest BCUT2D eigenvalue weighted by molar-refractivity contribution is 0.265. The molecule has 1 aliphatic heterocycles. The first kappa shape index (κ1) is 13.6. The molecular formula is C12H10BrNO2S2. The van der Waals surface area contributed by atoms with Crippen LogP contribution in [0.25, 0.3) is 6.08 Å². The fourth-order valence-electron chi connectivity index (χ4n) is 1.47. The van der Waals surface area contributed by atoms with E-state index in [1.54, 1.807) is 0 Å². The number of thiocarbonyl (C=S) groups is 1. The van der Waals surface area contributed by atoms with E-state index in [0.717, 1.165) is 11.3 Å². The first-order valence-electron chi connectivity index (χ1n) is 5.17. The van der Waals surface area contributed by atoms with Crippen molar-refractivity contribution in [3.63, 3.8) is 0 Å². The van der Waals surface area contributed by atoms with E-state index in [-0.39, 0.29) is 10.5 Å². The SMILES string of the molecule is O=C1NC(=S)C(C=Cc2cccc(OCBr)c2)S1. The Hall–Kier alpha value is -0.850. The van der Waals surface area contributed by atoms with Gasteiger partial charge in [0.2, 0.25) is 0 Å². The van der Waals surface area contributed by atoms with E-state index in [9.17, 15) is 4.79 Å². The minimum atomic E-state index is -0.0916. The zero-order chi connectivity index (χ0) is 13.0. The van der Waals surface area contributed by atoms with E-state index >= 15 is 0 Å². The fourth-order valence-corrected chi connectivity index (χ4v) is 2.83. The highest BCUT2D eigenvalue weighted by atomic mass is 79.9. The second-order valence-corrected chi connectivity index (χ2v) is 5.51. The number of hydrogen-bond acceptors (Lipinski definition) is 4. The van der Waals surface area contributed by atoms with Gasteiger partial charge < -0.3 is 10.1 Å². The zero-order valence-corrected chi connectivity index (χ0v) is 12.5. The average Bonchev–Trinajstić information content (AvgIpc) is 2.66. The molecule has 94 valence electrons. The number of halogens is 1. The van der Waals surface area contributed by atoms with Gasteiger partial charge in [-0.1, -0.05) is 36.5 Å². The minimum absolute atomic E-state index is 0.0757. The molecule has 0 aliphatic carbocycles. The molecule has 18 heavy (non-hydrogen) atoms. The van der Waals surface area contributed by atoms with Crippen LogP contribution in [0.15, 0.2) is 30.3 Å². The minimum Gasteiger partial charge on any atom is -0.482 e. The molecule has 1 fully saturated rings. The highest BCUT2D eigenvalue weighted by Gasteiger charge is 2.25. The van der Waals surface area contributed by atoms with Crippen molar-refractivity contribution >= 4 is 56.2 Å². The molecule has 3 nitrogen and oxygen atoms in total. The molecule has 0 bridgehead atoms. The number of nitrogens with one attached hydrogen (secondary N) is 1. The molecule has 1 N–H and O–H groups in total. The highest BCUT2D eigenvalue weighted by Crippen LogP contribution is 2.23. The number of ether oxygens (including phenoxy) is 1. The molecule has 6 heteroatoms. The summed E-state index contributed by atoms with van der Waals surface area (Å²) in [6, 6.07) is 7.70. The molecule has 1 unspecified atom stereocenters. The number of amides is 1. The van der Waals surface area contributed by atoms with Crippen molar-refractivity contribution in [2.45, 2.75) is 5.25 Å². The summed E-state index contributed by atoms with van der Waals surface area (Å²) in [5.41, 5.74) is 1.47. The molecule has 0 aromatic heterocycles. The normalized spacial score (nSPS) is 19.3. The Labute approximate surface area is 123 Å². The molecule has 2 rings (SSSR count). The van der Waals surface area contributed by atoms with Crippen LogP contribution in [0.5, 0.6) is 5.75 Å². The van der Waals surface area contributed by atoms with Gasteiger partial charge in [0.05, 0.1) is 5.25 Å². The smallest absolute Gasteiger partial charge is 0.284 e. The third kappa shape index (κ3) is 3.57. The van der Waals surface area contributed by atoms with Gasteiger partial charge in [-0.2, -0.15) is 0 Å². The predicted molar refractivity (Wildman–Crippen MR) is 82.4 cm³/mol. The van der Waals surface area contributed by atoms with Crippen molar-refractivity contribution < 1.29 is 9.53 Å². The number of carbonyl (C=O) groups excluding carboxylic acids is 1. The van der Waals surface area contributed by atoms with Crippen LogP contribution in [-0.4, -0.2) is 21.0 Å². The zero-order valence-electron chi connectivity index (χ0n) is 9.26. The average molecular weight is 344 g/mol. The standard InChI is InChI=1S/C12H10BrNO2S2/c13-7-16-9-3-1-2-8(6-9)4-5-10-11(17)14-12(15)18-10/h1-6,10H,7H2,(H,14,15,17). The van der Waals surface area contributed by atoms with E-state index in [4.69, 9.17) is 17.0 Å². The molecule has 1 saturated heterocycles. The molecule has 0 radical (unpaired) electrons. The van der Waals surface area contributed by atoms with Gasteiger partial charge in [-0.15, -0.1) is 0 Å². The number of hydrogen-bond donors (Lipinski definition) is 1. The topological polar surface area (TPSA) is 38.3 Å². The summed E-state index contributed by atoms with van der Waals surface area (Å²) < 4.78 is 5.34. The third-order valence-corrected chi connectivity index (χ3v) is 3.96. The molecule has 1 aromatic rings. The van der Waals surface area contributed by atoms with Crippen molar-refractivity contribution in [1.82, 2.24) is 5.32 Å². The van der Waals surface area contributed by atoms with E-state index in [2.05, 4.69) is 21.2 Å². The predicted octanol–water partition coefficient (Wildman–Crippen LogP) is 3.58. The Bertz CT molecular complexity index is 505. The Morgan fingerprint density at radius 1 is 1.56 bits per heavy atom. The second kappa shape index (κ2) is 6.36. The van der Waals surface area contributed by atoms with Gasteiger partial charge in [0, 0.05) is 0 Å². The van der Waals surface area contributed by atoms with Gasteiger partial charge in [0.25, 0.3) is 5.24 Å². The molecule has 1 heterocycles. The Morgan fingerprint density at radius 2 is 2.39 bits per heavy atom. The lowest BCUT2D eigenvalue weighted by Crippen LogP contribution is -2.20. The molecule has 1 amide bonds. The summed E-state index contributed by atoms with van der Waals surface area (Å²) in [7, 11) is 0. The molecule has 1 aliphatic rings. The highest BCUT2D eigenvalue weighted by molar-refractivity contribution is 9.09. The van der Waals surface area contributed by atoms with Gasteiger partial charge in [0.1, 0.15) is 16.3 Å². The van der Waals surface area contributed by atoms with E-state index in [0.29, 0.717) is 10.5 Å². The summed E-state index contributed by atoms with van der Waals surface area (Å²) >= 11 is 9.47. The summed E-state index contributed by atoms with van der Waals surface area (Å²) in [6.07, 6.45) is 3.85. The van der Waals surface area contributed by atoms with Crippen molar-refractivity contribution in [2.75, 3.05) is 5.52 Å². The summed E-state index contributed by atoms with van der Waals surface area (Å²) in [4.78, 5) is 11.7. The quantitative estimate of drug-likeness (QED) is 0.669. The Morgan fingerprint density at radius 3 is 3.06 bits per heavy atom. The van der Waals surface area contributed by atoms with E-state index < -0.39 is 0 Å². The summed E-state index contributed by atoms with van der Waals surface area (Å²) in [6.45, 7) is 0. The maximum Gasteiger partial charge on any atom is 0.284 e. The van der Waals surface area contributed by atoms with Gasteiger partial charge in [-0.05, 0) is 45.4 Å². The number of benzene rings is 1. The number of thioether (sulfide) groups is 1. The van der Waals surface area contributed by atoms with E-state index in [1.807, 2.05) is 36.4 Å². The van der Waals surface area contributed by atoms with Crippen LogP contribution in [0.3, 0.4) is 0 Å². The lowest BCUT2D eigenvalue weighted by atomic mass is 10.2. The third-order valence-electron chi connectivity index (χ3n) is 2.26. The number of rotatable bonds is 4. The van der Waals surface area contributed by atoms with Crippen molar-refractivity contribution in [3.8, 4) is 5.75 Å².